The number of phenols is 2. The number of Topliss-reactive ketones (excluding diaryl/α,β-unsaturated/α-hetero) is 1. The Labute approximate surface area is 193 Å². The number of H-pyrrole nitrogens is 1. The second kappa shape index (κ2) is 9.33. The van der Waals surface area contributed by atoms with Crippen molar-refractivity contribution in [2.45, 2.75) is 5.16 Å². The molecule has 0 aliphatic heterocycles. The highest BCUT2D eigenvalue weighted by Crippen LogP contribution is 2.27. The smallest absolute Gasteiger partial charge is 0.342 e. The van der Waals surface area contributed by atoms with Gasteiger partial charge in [0.15, 0.2) is 17.3 Å². The highest BCUT2D eigenvalue weighted by atomic mass is 35.5. The number of hydrogen-bond donors (Lipinski definition) is 3. The maximum Gasteiger partial charge on any atom is 0.342 e. The molecule has 32 heavy (non-hydrogen) atoms. The first-order valence-corrected chi connectivity index (χ1v) is 10.9. The van der Waals surface area contributed by atoms with Crippen molar-refractivity contribution in [3.8, 4) is 34.3 Å². The van der Waals surface area contributed by atoms with Crippen LogP contribution in [0.4, 0.5) is 0 Å². The number of aromatic nitrogens is 3. The van der Waals surface area contributed by atoms with E-state index < -0.39 is 0 Å². The minimum atomic E-state index is -0.335. The standard InChI is InChI=1S/C23H18ClN3O4S/c1-31-18-9-2-14(3-10-18)22-25-26-23(27(22)17-7-5-16(24)6-8-17)32-13-21(30)15-4-11-19(28)20(29)12-15/h2-12H,13H2,1H3,(H2,28,29,30)/p+1. The molecule has 7 nitrogen and oxygen atoms in total. The Balaban J connectivity index is 1.66. The van der Waals surface area contributed by atoms with Gasteiger partial charge in [-0.05, 0) is 78.5 Å². The van der Waals surface area contributed by atoms with Gasteiger partial charge < -0.3 is 14.9 Å². The van der Waals surface area contributed by atoms with Gasteiger partial charge in [0, 0.05) is 10.6 Å². The summed E-state index contributed by atoms with van der Waals surface area (Å²) < 4.78 is 7.15. The highest BCUT2D eigenvalue weighted by molar-refractivity contribution is 7.99. The zero-order valence-corrected chi connectivity index (χ0v) is 18.5. The van der Waals surface area contributed by atoms with Crippen LogP contribution in [0.25, 0.3) is 17.1 Å². The first kappa shape index (κ1) is 21.7. The number of nitrogens with zero attached hydrogens (tertiary/aromatic N) is 2. The summed E-state index contributed by atoms with van der Waals surface area (Å²) in [7, 11) is 1.61. The summed E-state index contributed by atoms with van der Waals surface area (Å²) in [6.45, 7) is 0. The highest BCUT2D eigenvalue weighted by Gasteiger charge is 2.25. The van der Waals surface area contributed by atoms with E-state index in [4.69, 9.17) is 16.3 Å². The van der Waals surface area contributed by atoms with Crippen LogP contribution in [0.15, 0.2) is 71.9 Å². The number of nitrogens with one attached hydrogen (secondary N) is 1. The second-order valence-electron chi connectivity index (χ2n) is 6.81. The van der Waals surface area contributed by atoms with Crippen LogP contribution in [0.2, 0.25) is 5.02 Å². The molecule has 0 saturated heterocycles. The van der Waals surface area contributed by atoms with Gasteiger partial charge in [0.2, 0.25) is 0 Å². The second-order valence-corrected chi connectivity index (χ2v) is 8.19. The van der Waals surface area contributed by atoms with Crippen LogP contribution in [0.1, 0.15) is 10.4 Å². The van der Waals surface area contributed by atoms with Crippen molar-refractivity contribution in [2.75, 3.05) is 12.9 Å². The summed E-state index contributed by atoms with van der Waals surface area (Å²) in [5.41, 5.74) is 2.01. The minimum Gasteiger partial charge on any atom is -0.504 e. The Morgan fingerprint density at radius 3 is 2.44 bits per heavy atom. The number of ether oxygens (including phenoxy) is 1. The van der Waals surface area contributed by atoms with Crippen molar-refractivity contribution in [3.05, 3.63) is 77.3 Å². The molecule has 0 saturated carbocycles. The largest absolute Gasteiger partial charge is 0.504 e. The van der Waals surface area contributed by atoms with Gasteiger partial charge in [-0.3, -0.25) is 4.79 Å². The Kier molecular flexibility index (Phi) is 6.34. The molecule has 0 unspecified atom stereocenters. The van der Waals surface area contributed by atoms with Gasteiger partial charge in [-0.25, -0.2) is 0 Å². The number of phenolic OH excluding ortho intramolecular Hbond substituents is 2. The van der Waals surface area contributed by atoms with Crippen LogP contribution in [-0.4, -0.2) is 39.1 Å². The van der Waals surface area contributed by atoms with Crippen LogP contribution in [0.5, 0.6) is 17.2 Å². The lowest BCUT2D eigenvalue weighted by molar-refractivity contribution is -0.625. The molecule has 9 heteroatoms. The van der Waals surface area contributed by atoms with Crippen molar-refractivity contribution in [3.63, 3.8) is 0 Å². The maximum atomic E-state index is 12.6. The van der Waals surface area contributed by atoms with E-state index in [1.807, 2.05) is 41.0 Å². The lowest BCUT2D eigenvalue weighted by Gasteiger charge is -2.06. The molecule has 3 N–H and O–H groups in total. The summed E-state index contributed by atoms with van der Waals surface area (Å²) in [5.74, 6) is 0.743. The van der Waals surface area contributed by atoms with Crippen molar-refractivity contribution in [1.82, 2.24) is 10.2 Å². The van der Waals surface area contributed by atoms with Gasteiger partial charge in [0.25, 0.3) is 5.82 Å². The van der Waals surface area contributed by atoms with Crippen LogP contribution in [-0.2, 0) is 0 Å². The first-order chi connectivity index (χ1) is 15.5. The molecule has 0 bridgehead atoms. The van der Waals surface area contributed by atoms with Crippen LogP contribution in [0.3, 0.4) is 0 Å². The number of ketones is 1. The normalized spacial score (nSPS) is 10.8. The van der Waals surface area contributed by atoms with E-state index >= 15 is 0 Å². The summed E-state index contributed by atoms with van der Waals surface area (Å²) in [6.07, 6.45) is 0. The minimum absolute atomic E-state index is 0.0880. The van der Waals surface area contributed by atoms with E-state index in [1.165, 1.54) is 30.0 Å². The van der Waals surface area contributed by atoms with Gasteiger partial charge in [-0.2, -0.15) is 4.57 Å². The van der Waals surface area contributed by atoms with E-state index in [0.29, 0.717) is 15.7 Å². The molecule has 0 atom stereocenters. The fourth-order valence-electron chi connectivity index (χ4n) is 3.08. The molecule has 162 valence electrons. The molecule has 1 heterocycles. The summed E-state index contributed by atoms with van der Waals surface area (Å²) in [5, 5.41) is 27.8. The van der Waals surface area contributed by atoms with Crippen molar-refractivity contribution in [1.29, 1.82) is 0 Å². The number of methoxy groups -OCH3 is 1. The summed E-state index contributed by atoms with van der Waals surface area (Å²) in [4.78, 5) is 12.6. The van der Waals surface area contributed by atoms with Crippen molar-refractivity contribution in [2.24, 2.45) is 0 Å². The molecule has 0 amide bonds. The predicted octanol–water partition coefficient (Wildman–Crippen LogP) is 4.40. The molecule has 0 radical (unpaired) electrons. The molecule has 3 aromatic carbocycles. The molecule has 0 aliphatic carbocycles. The number of hydrogen-bond acceptors (Lipinski definition) is 6. The van der Waals surface area contributed by atoms with Gasteiger partial charge >= 0.3 is 5.16 Å². The third kappa shape index (κ3) is 4.56. The van der Waals surface area contributed by atoms with Gasteiger partial charge in [-0.1, -0.05) is 11.6 Å². The summed E-state index contributed by atoms with van der Waals surface area (Å²) >= 11 is 7.31. The molecular formula is C23H19ClN3O4S+. The zero-order chi connectivity index (χ0) is 22.7. The summed E-state index contributed by atoms with van der Waals surface area (Å²) in [6, 6.07) is 18.9. The van der Waals surface area contributed by atoms with E-state index in [9.17, 15) is 15.0 Å². The monoisotopic (exact) mass is 468 g/mol. The number of carbonyl (C=O) groups excluding carboxylic acids is 1. The van der Waals surface area contributed by atoms with Crippen LogP contribution < -0.4 is 9.30 Å². The number of aromatic hydroxyl groups is 2. The SMILES string of the molecule is COc1ccc(-c2[nH]nc(SCC(=O)c3ccc(O)c(O)c3)[n+]2-c2ccc(Cl)cc2)cc1. The van der Waals surface area contributed by atoms with Crippen LogP contribution in [0, 0.1) is 0 Å². The quantitative estimate of drug-likeness (QED) is 0.161. The molecule has 0 spiro atoms. The molecule has 1 aromatic heterocycles. The molecule has 0 fully saturated rings. The first-order valence-electron chi connectivity index (χ1n) is 9.55. The Morgan fingerprint density at radius 1 is 1.06 bits per heavy atom. The molecular weight excluding hydrogens is 450 g/mol. The number of halogens is 1. The Morgan fingerprint density at radius 2 is 1.78 bits per heavy atom. The number of aromatic amines is 1. The number of rotatable bonds is 7. The fraction of sp³-hybridized carbons (Fsp3) is 0.0870. The lowest BCUT2D eigenvalue weighted by atomic mass is 10.1. The average molecular weight is 469 g/mol. The molecule has 4 aromatic rings. The lowest BCUT2D eigenvalue weighted by Crippen LogP contribution is -2.34. The van der Waals surface area contributed by atoms with E-state index in [1.54, 1.807) is 19.2 Å². The maximum absolute atomic E-state index is 12.6. The van der Waals surface area contributed by atoms with Gasteiger partial charge in [0.05, 0.1) is 23.5 Å². The van der Waals surface area contributed by atoms with Crippen molar-refractivity contribution >= 4 is 29.1 Å². The average Bonchev–Trinajstić information content (AvgIpc) is 3.23. The Hall–Kier alpha value is -3.49. The number of benzene rings is 3. The molecule has 4 rings (SSSR count). The predicted molar refractivity (Wildman–Crippen MR) is 122 cm³/mol. The Bertz CT molecular complexity index is 1260. The topological polar surface area (TPSA) is 99.3 Å². The third-order valence-electron chi connectivity index (χ3n) is 4.75. The van der Waals surface area contributed by atoms with Gasteiger partial charge in [0.1, 0.15) is 11.4 Å². The van der Waals surface area contributed by atoms with E-state index in [2.05, 4.69) is 10.2 Å². The van der Waals surface area contributed by atoms with Crippen LogP contribution >= 0.6 is 23.4 Å². The number of carbonyl (C=O) groups is 1. The van der Waals surface area contributed by atoms with Gasteiger partial charge in [-0.15, -0.1) is 5.10 Å². The molecule has 0 aliphatic rings. The van der Waals surface area contributed by atoms with Crippen molar-refractivity contribution < 1.29 is 24.3 Å². The number of thioether (sulfide) groups is 1. The van der Waals surface area contributed by atoms with E-state index in [-0.39, 0.29) is 23.0 Å². The van der Waals surface area contributed by atoms with E-state index in [0.717, 1.165) is 22.8 Å². The zero-order valence-electron chi connectivity index (χ0n) is 16.9. The fourth-order valence-corrected chi connectivity index (χ4v) is 4.06. The third-order valence-corrected chi connectivity index (χ3v) is 5.94.